The van der Waals surface area contributed by atoms with Crippen molar-refractivity contribution in [3.63, 3.8) is 0 Å². The third-order valence-corrected chi connectivity index (χ3v) is 4.07. The molecule has 0 aromatic heterocycles. The van der Waals surface area contributed by atoms with Crippen LogP contribution in [0.5, 0.6) is 0 Å². The van der Waals surface area contributed by atoms with E-state index in [-0.39, 0.29) is 4.90 Å². The van der Waals surface area contributed by atoms with Gasteiger partial charge in [-0.3, -0.25) is 4.72 Å². The molecule has 0 radical (unpaired) electrons. The van der Waals surface area contributed by atoms with E-state index in [0.29, 0.717) is 5.69 Å². The van der Waals surface area contributed by atoms with E-state index >= 15 is 0 Å². The molecule has 0 aliphatic heterocycles. The zero-order chi connectivity index (χ0) is 13.0. The Balaban J connectivity index is 2.22. The first-order valence-electron chi connectivity index (χ1n) is 5.78. The van der Waals surface area contributed by atoms with Crippen molar-refractivity contribution in [2.45, 2.75) is 18.2 Å². The highest BCUT2D eigenvalue weighted by Gasteiger charge is 2.12. The molecule has 18 heavy (non-hydrogen) atoms. The Morgan fingerprint density at radius 3 is 2.11 bits per heavy atom. The van der Waals surface area contributed by atoms with Crippen molar-refractivity contribution in [2.24, 2.45) is 0 Å². The molecule has 2 aromatic rings. The molecule has 0 heterocycles. The molecule has 0 atom stereocenters. The molecule has 0 fully saturated rings. The summed E-state index contributed by atoms with van der Waals surface area (Å²) in [5, 5.41) is 0. The maximum atomic E-state index is 12.0. The third-order valence-electron chi connectivity index (χ3n) is 2.67. The number of benzene rings is 2. The van der Waals surface area contributed by atoms with E-state index in [2.05, 4.69) is 11.6 Å². The maximum Gasteiger partial charge on any atom is 0.261 e. The fourth-order valence-corrected chi connectivity index (χ4v) is 2.70. The molecule has 4 heteroatoms. The van der Waals surface area contributed by atoms with Crippen molar-refractivity contribution in [3.05, 3.63) is 60.2 Å². The van der Waals surface area contributed by atoms with E-state index in [9.17, 15) is 8.42 Å². The van der Waals surface area contributed by atoms with Gasteiger partial charge in [-0.05, 0) is 36.2 Å². The average molecular weight is 261 g/mol. The van der Waals surface area contributed by atoms with Crippen molar-refractivity contribution >= 4 is 15.7 Å². The molecular weight excluding hydrogens is 246 g/mol. The van der Waals surface area contributed by atoms with Gasteiger partial charge in [0.1, 0.15) is 0 Å². The Labute approximate surface area is 108 Å². The van der Waals surface area contributed by atoms with E-state index in [1.165, 1.54) is 5.56 Å². The van der Waals surface area contributed by atoms with Crippen molar-refractivity contribution in [1.82, 2.24) is 0 Å². The summed E-state index contributed by atoms with van der Waals surface area (Å²) in [5.74, 6) is 0. The van der Waals surface area contributed by atoms with Crippen LogP contribution in [0.4, 0.5) is 5.69 Å². The highest BCUT2D eigenvalue weighted by molar-refractivity contribution is 7.92. The monoisotopic (exact) mass is 261 g/mol. The lowest BCUT2D eigenvalue weighted by Gasteiger charge is -2.08. The van der Waals surface area contributed by atoms with E-state index in [1.54, 1.807) is 42.5 Å². The predicted octanol–water partition coefficient (Wildman–Crippen LogP) is 3.05. The second-order valence-corrected chi connectivity index (χ2v) is 5.65. The lowest BCUT2D eigenvalue weighted by Crippen LogP contribution is -2.12. The first-order chi connectivity index (χ1) is 8.62. The smallest absolute Gasteiger partial charge is 0.261 e. The van der Waals surface area contributed by atoms with Gasteiger partial charge in [0.2, 0.25) is 0 Å². The summed E-state index contributed by atoms with van der Waals surface area (Å²) in [5.41, 5.74) is 1.76. The molecule has 0 amide bonds. The van der Waals surface area contributed by atoms with Crippen LogP contribution in [0.25, 0.3) is 0 Å². The molecular formula is C14H15NO2S. The second-order valence-electron chi connectivity index (χ2n) is 3.97. The fourth-order valence-electron chi connectivity index (χ4n) is 1.62. The molecule has 0 aliphatic carbocycles. The van der Waals surface area contributed by atoms with Crippen LogP contribution in [-0.2, 0) is 16.4 Å². The Morgan fingerprint density at radius 2 is 1.56 bits per heavy atom. The minimum absolute atomic E-state index is 0.268. The van der Waals surface area contributed by atoms with Crippen molar-refractivity contribution in [2.75, 3.05) is 4.72 Å². The molecule has 2 aromatic carbocycles. The summed E-state index contributed by atoms with van der Waals surface area (Å²) in [4.78, 5) is 0.268. The highest BCUT2D eigenvalue weighted by Crippen LogP contribution is 2.16. The zero-order valence-corrected chi connectivity index (χ0v) is 10.9. The molecule has 94 valence electrons. The summed E-state index contributed by atoms with van der Waals surface area (Å²) in [6.07, 6.45) is 0.936. The molecule has 1 N–H and O–H groups in total. The van der Waals surface area contributed by atoms with Crippen LogP contribution >= 0.6 is 0 Å². The van der Waals surface area contributed by atoms with Crippen LogP contribution in [0.3, 0.4) is 0 Å². The van der Waals surface area contributed by atoms with Gasteiger partial charge in [-0.1, -0.05) is 37.3 Å². The molecule has 2 rings (SSSR count). The molecule has 0 aliphatic rings. The number of rotatable bonds is 4. The molecule has 0 bridgehead atoms. The van der Waals surface area contributed by atoms with Crippen molar-refractivity contribution in [3.8, 4) is 0 Å². The second kappa shape index (κ2) is 5.23. The van der Waals surface area contributed by atoms with E-state index in [1.807, 2.05) is 12.1 Å². The quantitative estimate of drug-likeness (QED) is 0.919. The van der Waals surface area contributed by atoms with Crippen LogP contribution in [0.2, 0.25) is 0 Å². The lowest BCUT2D eigenvalue weighted by molar-refractivity contribution is 0.601. The number of hydrogen-bond acceptors (Lipinski definition) is 2. The first kappa shape index (κ1) is 12.6. The van der Waals surface area contributed by atoms with Gasteiger partial charge >= 0.3 is 0 Å². The van der Waals surface area contributed by atoms with Gasteiger partial charge in [0.15, 0.2) is 0 Å². The summed E-state index contributed by atoms with van der Waals surface area (Å²) < 4.78 is 26.6. The van der Waals surface area contributed by atoms with Crippen LogP contribution in [0.15, 0.2) is 59.5 Å². The number of sulfonamides is 1. The van der Waals surface area contributed by atoms with Crippen LogP contribution < -0.4 is 4.72 Å². The van der Waals surface area contributed by atoms with Gasteiger partial charge in [0.25, 0.3) is 10.0 Å². The van der Waals surface area contributed by atoms with Gasteiger partial charge < -0.3 is 0 Å². The molecule has 0 unspecified atom stereocenters. The Morgan fingerprint density at radius 1 is 0.944 bits per heavy atom. The van der Waals surface area contributed by atoms with Crippen LogP contribution in [0, 0.1) is 0 Å². The fraction of sp³-hybridized carbons (Fsp3) is 0.143. The van der Waals surface area contributed by atoms with E-state index < -0.39 is 10.0 Å². The van der Waals surface area contributed by atoms with Gasteiger partial charge in [0.05, 0.1) is 4.90 Å². The minimum Gasteiger partial charge on any atom is -0.280 e. The SMILES string of the molecule is CCc1ccc(NS(=O)(=O)c2ccccc2)cc1. The van der Waals surface area contributed by atoms with Crippen LogP contribution in [0.1, 0.15) is 12.5 Å². The zero-order valence-electron chi connectivity index (χ0n) is 10.1. The standard InChI is InChI=1S/C14H15NO2S/c1-2-12-8-10-13(11-9-12)15-18(16,17)14-6-4-3-5-7-14/h3-11,15H,2H2,1H3. The number of aryl methyl sites for hydroxylation is 1. The number of nitrogens with one attached hydrogen (secondary N) is 1. The number of anilines is 1. The summed E-state index contributed by atoms with van der Waals surface area (Å²) in [6.45, 7) is 2.06. The first-order valence-corrected chi connectivity index (χ1v) is 7.27. The molecule has 0 saturated heterocycles. The Kier molecular flexibility index (Phi) is 3.67. The Bertz CT molecular complexity index is 604. The molecule has 3 nitrogen and oxygen atoms in total. The summed E-state index contributed by atoms with van der Waals surface area (Å²) in [7, 11) is -3.48. The normalized spacial score (nSPS) is 11.2. The van der Waals surface area contributed by atoms with Gasteiger partial charge in [-0.2, -0.15) is 0 Å². The predicted molar refractivity (Wildman–Crippen MR) is 73.1 cm³/mol. The average Bonchev–Trinajstić information content (AvgIpc) is 2.40. The van der Waals surface area contributed by atoms with E-state index in [4.69, 9.17) is 0 Å². The van der Waals surface area contributed by atoms with Gasteiger partial charge in [-0.25, -0.2) is 8.42 Å². The van der Waals surface area contributed by atoms with Crippen LogP contribution in [-0.4, -0.2) is 8.42 Å². The van der Waals surface area contributed by atoms with E-state index in [0.717, 1.165) is 6.42 Å². The summed E-state index contributed by atoms with van der Waals surface area (Å²) in [6, 6.07) is 15.7. The number of hydrogen-bond donors (Lipinski definition) is 1. The topological polar surface area (TPSA) is 46.2 Å². The lowest BCUT2D eigenvalue weighted by atomic mass is 10.2. The molecule has 0 saturated carbocycles. The minimum atomic E-state index is -3.48. The van der Waals surface area contributed by atoms with Crippen molar-refractivity contribution < 1.29 is 8.42 Å². The highest BCUT2D eigenvalue weighted by atomic mass is 32.2. The van der Waals surface area contributed by atoms with Crippen molar-refractivity contribution in [1.29, 1.82) is 0 Å². The maximum absolute atomic E-state index is 12.0. The molecule has 0 spiro atoms. The van der Waals surface area contributed by atoms with Gasteiger partial charge in [0, 0.05) is 5.69 Å². The third kappa shape index (κ3) is 2.90. The Hall–Kier alpha value is -1.81. The van der Waals surface area contributed by atoms with Gasteiger partial charge in [-0.15, -0.1) is 0 Å². The largest absolute Gasteiger partial charge is 0.280 e. The summed E-state index contributed by atoms with van der Waals surface area (Å²) >= 11 is 0.